The number of benzene rings is 10. The molecule has 0 radical (unpaired) electrons. The van der Waals surface area contributed by atoms with Crippen molar-refractivity contribution in [1.29, 1.82) is 0 Å². The quantitative estimate of drug-likeness (QED) is 0.130. The molecule has 0 aliphatic rings. The second-order valence-corrected chi connectivity index (χ2v) is 14.6. The average molecular weight is 663 g/mol. The Bertz CT molecular complexity index is 3120. The molecule has 0 unspecified atom stereocenters. The lowest BCUT2D eigenvalue weighted by Crippen LogP contribution is -1.91. The van der Waals surface area contributed by atoms with Crippen LogP contribution in [-0.4, -0.2) is 0 Å². The fourth-order valence-electron chi connectivity index (χ4n) is 8.61. The van der Waals surface area contributed by atoms with Crippen LogP contribution in [0.5, 0.6) is 0 Å². The summed E-state index contributed by atoms with van der Waals surface area (Å²) in [4.78, 5) is 0. The molecule has 51 heavy (non-hydrogen) atoms. The first-order valence-electron chi connectivity index (χ1n) is 17.6. The maximum absolute atomic E-state index is 2.46. The van der Waals surface area contributed by atoms with Crippen LogP contribution in [0.1, 0.15) is 0 Å². The maximum atomic E-state index is 2.46. The Morgan fingerprint density at radius 1 is 0.294 bits per heavy atom. The first-order valence-corrected chi connectivity index (χ1v) is 18.4. The Hall–Kier alpha value is -6.28. The van der Waals surface area contributed by atoms with Crippen LogP contribution in [0.15, 0.2) is 182 Å². The molecule has 0 atom stereocenters. The predicted molar refractivity (Wildman–Crippen MR) is 223 cm³/mol. The van der Waals surface area contributed by atoms with Crippen molar-refractivity contribution in [2.45, 2.75) is 0 Å². The van der Waals surface area contributed by atoms with Gasteiger partial charge >= 0.3 is 0 Å². The summed E-state index contributed by atoms with van der Waals surface area (Å²) in [7, 11) is 0. The minimum absolute atomic E-state index is 1.23. The van der Waals surface area contributed by atoms with Crippen LogP contribution in [0.4, 0.5) is 0 Å². The van der Waals surface area contributed by atoms with Crippen LogP contribution < -0.4 is 0 Å². The Balaban J connectivity index is 1.15. The lowest BCUT2D eigenvalue weighted by Gasteiger charge is -2.18. The summed E-state index contributed by atoms with van der Waals surface area (Å²) >= 11 is 1.92. The summed E-state index contributed by atoms with van der Waals surface area (Å²) < 4.78 is 2.69. The number of hydrogen-bond acceptors (Lipinski definition) is 1. The normalized spacial score (nSPS) is 11.9. The lowest BCUT2D eigenvalue weighted by molar-refractivity contribution is 1.63. The van der Waals surface area contributed by atoms with E-state index in [1.165, 1.54) is 107 Å². The molecule has 0 aliphatic heterocycles. The van der Waals surface area contributed by atoms with E-state index >= 15 is 0 Å². The molecule has 1 aromatic heterocycles. The molecule has 0 nitrogen and oxygen atoms in total. The Kier molecular flexibility index (Phi) is 6.22. The highest BCUT2D eigenvalue weighted by Gasteiger charge is 2.19. The Morgan fingerprint density at radius 2 is 0.765 bits per heavy atom. The molecule has 0 aliphatic carbocycles. The summed E-state index contributed by atoms with van der Waals surface area (Å²) in [5.74, 6) is 0. The maximum Gasteiger partial charge on any atom is 0.0440 e. The zero-order chi connectivity index (χ0) is 33.5. The molecule has 0 saturated heterocycles. The van der Waals surface area contributed by atoms with E-state index in [4.69, 9.17) is 0 Å². The molecule has 0 spiro atoms. The van der Waals surface area contributed by atoms with E-state index in [2.05, 4.69) is 182 Å². The average Bonchev–Trinajstić information content (AvgIpc) is 3.59. The zero-order valence-corrected chi connectivity index (χ0v) is 28.5. The topological polar surface area (TPSA) is 0 Å². The largest absolute Gasteiger partial charge is 0.135 e. The second kappa shape index (κ2) is 11.1. The van der Waals surface area contributed by atoms with Gasteiger partial charge in [0.2, 0.25) is 0 Å². The number of thiophene rings is 1. The van der Waals surface area contributed by atoms with E-state index in [9.17, 15) is 0 Å². The van der Waals surface area contributed by atoms with Gasteiger partial charge in [0, 0.05) is 25.6 Å². The molecular formula is C50H30S. The van der Waals surface area contributed by atoms with E-state index < -0.39 is 0 Å². The molecule has 11 aromatic rings. The third-order valence-electron chi connectivity index (χ3n) is 10.8. The van der Waals surface area contributed by atoms with Crippen LogP contribution in [-0.2, 0) is 0 Å². The summed E-state index contributed by atoms with van der Waals surface area (Å²) in [6.07, 6.45) is 0. The molecule has 10 aromatic carbocycles. The second-order valence-electron chi connectivity index (χ2n) is 13.6. The van der Waals surface area contributed by atoms with Gasteiger partial charge < -0.3 is 0 Å². The minimum Gasteiger partial charge on any atom is -0.135 e. The molecule has 1 heterocycles. The standard InChI is InChI=1S/C50H30S/c1-2-14-35-31(12-1)13-11-23-36(35)32-24-26-33(27-25-32)47-40-18-6-8-20-42(40)48(43-21-9-7-19-41(43)47)34-28-29-46-45(30-34)49-39-17-5-3-15-37(39)38-16-4-10-22-44(38)50(49)51-46/h1-30H. The lowest BCUT2D eigenvalue weighted by atomic mass is 9.85. The van der Waals surface area contributed by atoms with Crippen LogP contribution in [0.3, 0.4) is 0 Å². The molecule has 11 rings (SSSR count). The number of fused-ring (bicyclic) bond motifs is 11. The fourth-order valence-corrected chi connectivity index (χ4v) is 9.84. The summed E-state index contributed by atoms with van der Waals surface area (Å²) in [6, 6.07) is 67.3. The third-order valence-corrected chi connectivity index (χ3v) is 12.0. The highest BCUT2D eigenvalue weighted by molar-refractivity contribution is 7.27. The van der Waals surface area contributed by atoms with Crippen LogP contribution >= 0.6 is 11.3 Å². The third kappa shape index (κ3) is 4.26. The molecule has 0 saturated carbocycles. The molecule has 0 amide bonds. The SMILES string of the molecule is c1ccc2c(-c3ccc(-c4c5ccccc5c(-c5ccc6sc7c8ccccc8c8ccccc8c7c6c5)c5ccccc45)cc3)cccc2c1. The first-order chi connectivity index (χ1) is 25.3. The van der Waals surface area contributed by atoms with E-state index in [-0.39, 0.29) is 0 Å². The number of rotatable bonds is 3. The van der Waals surface area contributed by atoms with E-state index in [0.29, 0.717) is 0 Å². The summed E-state index contributed by atoms with van der Waals surface area (Å²) in [5.41, 5.74) is 7.57. The molecule has 1 heteroatoms. The van der Waals surface area contributed by atoms with Crippen molar-refractivity contribution in [3.8, 4) is 33.4 Å². The number of hydrogen-bond donors (Lipinski definition) is 0. The monoisotopic (exact) mass is 662 g/mol. The van der Waals surface area contributed by atoms with E-state index in [1.807, 2.05) is 11.3 Å². The van der Waals surface area contributed by atoms with E-state index in [0.717, 1.165) is 0 Å². The molecular weight excluding hydrogens is 633 g/mol. The molecule has 0 fully saturated rings. The van der Waals surface area contributed by atoms with Gasteiger partial charge in [-0.2, -0.15) is 0 Å². The summed E-state index contributed by atoms with van der Waals surface area (Å²) in [5, 5.41) is 15.6. The van der Waals surface area contributed by atoms with Gasteiger partial charge in [-0.3, -0.25) is 0 Å². The van der Waals surface area contributed by atoms with Crippen molar-refractivity contribution in [1.82, 2.24) is 0 Å². The predicted octanol–water partition coefficient (Wildman–Crippen LogP) is 14.8. The molecule has 0 N–H and O–H groups in total. The van der Waals surface area contributed by atoms with Crippen LogP contribution in [0.2, 0.25) is 0 Å². The Labute approximate surface area is 299 Å². The molecule has 0 bridgehead atoms. The Morgan fingerprint density at radius 3 is 1.43 bits per heavy atom. The van der Waals surface area contributed by atoms with Crippen molar-refractivity contribution in [2.24, 2.45) is 0 Å². The van der Waals surface area contributed by atoms with Gasteiger partial charge in [-0.05, 0) is 94.0 Å². The minimum atomic E-state index is 1.23. The van der Waals surface area contributed by atoms with Gasteiger partial charge in [-0.1, -0.05) is 170 Å². The highest BCUT2D eigenvalue weighted by Crippen LogP contribution is 2.48. The smallest absolute Gasteiger partial charge is 0.0440 e. The van der Waals surface area contributed by atoms with Crippen LogP contribution in [0.25, 0.3) is 107 Å². The van der Waals surface area contributed by atoms with Gasteiger partial charge in [0.15, 0.2) is 0 Å². The zero-order valence-electron chi connectivity index (χ0n) is 27.7. The molecule has 236 valence electrons. The van der Waals surface area contributed by atoms with Gasteiger partial charge in [0.25, 0.3) is 0 Å². The van der Waals surface area contributed by atoms with Gasteiger partial charge in [0.1, 0.15) is 0 Å². The van der Waals surface area contributed by atoms with Gasteiger partial charge in [0.05, 0.1) is 0 Å². The van der Waals surface area contributed by atoms with E-state index in [1.54, 1.807) is 0 Å². The fraction of sp³-hybridized carbons (Fsp3) is 0. The van der Waals surface area contributed by atoms with Gasteiger partial charge in [-0.15, -0.1) is 11.3 Å². The van der Waals surface area contributed by atoms with Gasteiger partial charge in [-0.25, -0.2) is 0 Å². The first kappa shape index (κ1) is 28.5. The van der Waals surface area contributed by atoms with Crippen molar-refractivity contribution < 1.29 is 0 Å². The van der Waals surface area contributed by atoms with Crippen molar-refractivity contribution in [3.05, 3.63) is 182 Å². The highest BCUT2D eigenvalue weighted by atomic mass is 32.1. The van der Waals surface area contributed by atoms with Crippen LogP contribution in [0, 0.1) is 0 Å². The summed E-state index contributed by atoms with van der Waals surface area (Å²) in [6.45, 7) is 0. The van der Waals surface area contributed by atoms with Crippen molar-refractivity contribution >= 4 is 85.4 Å². The van der Waals surface area contributed by atoms with Crippen molar-refractivity contribution in [2.75, 3.05) is 0 Å². The van der Waals surface area contributed by atoms with Crippen molar-refractivity contribution in [3.63, 3.8) is 0 Å².